The van der Waals surface area contributed by atoms with E-state index in [1.165, 1.54) is 0 Å². The normalized spacial score (nSPS) is 12.4. The highest BCUT2D eigenvalue weighted by Gasteiger charge is 2.26. The quantitative estimate of drug-likeness (QED) is 0.297. The van der Waals surface area contributed by atoms with Crippen LogP contribution < -0.4 is 0 Å². The highest BCUT2D eigenvalue weighted by molar-refractivity contribution is 6.01. The number of carboxylic acid groups (broad SMARTS) is 2. The molecule has 0 amide bonds. The third-order valence-corrected chi connectivity index (χ3v) is 1.54. The predicted octanol–water partition coefficient (Wildman–Crippen LogP) is 0.571. The van der Waals surface area contributed by atoms with Crippen LogP contribution in [0.2, 0.25) is 0 Å². The van der Waals surface area contributed by atoms with Gasteiger partial charge < -0.3 is 14.9 Å². The number of ether oxygens (including phenoxy) is 1. The van der Waals surface area contributed by atoms with Gasteiger partial charge in [0, 0.05) is 6.08 Å². The standard InChI is InChI=1S/C10H10O6/c1-3-6(9(13)14)7(5-8(11)12)10(15)16-4-2/h3-6H,1-2H2,(H,11,12)(H,13,14)/b7-5-. The number of hydrogen-bond acceptors (Lipinski definition) is 4. The maximum absolute atomic E-state index is 11.2. The van der Waals surface area contributed by atoms with Gasteiger partial charge >= 0.3 is 17.9 Å². The highest BCUT2D eigenvalue weighted by Crippen LogP contribution is 2.14. The molecule has 0 fully saturated rings. The number of esters is 1. The fourth-order valence-corrected chi connectivity index (χ4v) is 0.913. The molecule has 2 N–H and O–H groups in total. The first-order valence-electron chi connectivity index (χ1n) is 4.05. The SMILES string of the molecule is C=COC(=O)/C(=C\C(=O)O)C(C=C)C(=O)O. The van der Waals surface area contributed by atoms with Gasteiger partial charge in [0.2, 0.25) is 0 Å². The van der Waals surface area contributed by atoms with Gasteiger partial charge in [-0.25, -0.2) is 9.59 Å². The summed E-state index contributed by atoms with van der Waals surface area (Å²) in [4.78, 5) is 32.4. The molecule has 0 aromatic carbocycles. The van der Waals surface area contributed by atoms with E-state index in [0.29, 0.717) is 6.08 Å². The van der Waals surface area contributed by atoms with Gasteiger partial charge in [-0.3, -0.25) is 4.79 Å². The van der Waals surface area contributed by atoms with Crippen molar-refractivity contribution in [2.45, 2.75) is 0 Å². The van der Waals surface area contributed by atoms with E-state index in [-0.39, 0.29) is 0 Å². The predicted molar refractivity (Wildman–Crippen MR) is 53.3 cm³/mol. The second kappa shape index (κ2) is 6.18. The van der Waals surface area contributed by atoms with Crippen LogP contribution in [0.5, 0.6) is 0 Å². The molecule has 1 unspecified atom stereocenters. The summed E-state index contributed by atoms with van der Waals surface area (Å²) in [5, 5.41) is 17.2. The summed E-state index contributed by atoms with van der Waals surface area (Å²) in [5.74, 6) is -5.39. The first-order chi connectivity index (χ1) is 7.43. The van der Waals surface area contributed by atoms with Gasteiger partial charge in [0.1, 0.15) is 5.92 Å². The number of carbonyl (C=O) groups excluding carboxylic acids is 1. The Morgan fingerprint density at radius 1 is 1.19 bits per heavy atom. The molecule has 0 bridgehead atoms. The first-order valence-corrected chi connectivity index (χ1v) is 4.05. The van der Waals surface area contributed by atoms with Gasteiger partial charge in [-0.05, 0) is 0 Å². The van der Waals surface area contributed by atoms with E-state index in [2.05, 4.69) is 17.9 Å². The van der Waals surface area contributed by atoms with E-state index in [0.717, 1.165) is 12.3 Å². The van der Waals surface area contributed by atoms with Crippen molar-refractivity contribution in [3.05, 3.63) is 37.1 Å². The van der Waals surface area contributed by atoms with Crippen LogP contribution in [-0.4, -0.2) is 28.1 Å². The van der Waals surface area contributed by atoms with Gasteiger partial charge in [-0.1, -0.05) is 12.7 Å². The zero-order valence-corrected chi connectivity index (χ0v) is 8.25. The van der Waals surface area contributed by atoms with E-state index in [1.807, 2.05) is 0 Å². The molecule has 0 rings (SSSR count). The van der Waals surface area contributed by atoms with E-state index < -0.39 is 29.4 Å². The topological polar surface area (TPSA) is 101 Å². The average molecular weight is 226 g/mol. The number of hydrogen-bond donors (Lipinski definition) is 2. The lowest BCUT2D eigenvalue weighted by atomic mass is 9.99. The Labute approximate surface area is 91.1 Å². The third kappa shape index (κ3) is 3.79. The molecule has 0 aliphatic heterocycles. The summed E-state index contributed by atoms with van der Waals surface area (Å²) in [6, 6.07) is 0. The second-order valence-electron chi connectivity index (χ2n) is 2.56. The van der Waals surface area contributed by atoms with Crippen molar-refractivity contribution in [2.24, 2.45) is 5.92 Å². The molecule has 6 heteroatoms. The molecule has 16 heavy (non-hydrogen) atoms. The lowest BCUT2D eigenvalue weighted by molar-refractivity contribution is -0.142. The Morgan fingerprint density at radius 2 is 1.75 bits per heavy atom. The number of aliphatic carboxylic acids is 2. The van der Waals surface area contributed by atoms with Crippen LogP contribution in [0.25, 0.3) is 0 Å². The van der Waals surface area contributed by atoms with Crippen molar-refractivity contribution in [3.63, 3.8) is 0 Å². The van der Waals surface area contributed by atoms with Gasteiger partial charge in [0.25, 0.3) is 0 Å². The number of rotatable bonds is 6. The Kier molecular flexibility index (Phi) is 5.26. The molecule has 0 saturated carbocycles. The van der Waals surface area contributed by atoms with Gasteiger partial charge in [0.05, 0.1) is 11.8 Å². The van der Waals surface area contributed by atoms with Crippen LogP contribution in [0.4, 0.5) is 0 Å². The Morgan fingerprint density at radius 3 is 2.06 bits per heavy atom. The largest absolute Gasteiger partial charge is 0.481 e. The molecule has 0 spiro atoms. The molecule has 0 saturated heterocycles. The molecule has 0 aliphatic rings. The minimum Gasteiger partial charge on any atom is -0.481 e. The number of carboxylic acids is 2. The van der Waals surface area contributed by atoms with Crippen molar-refractivity contribution < 1.29 is 29.3 Å². The Bertz CT molecular complexity index is 366. The molecule has 0 aromatic rings. The summed E-state index contributed by atoms with van der Waals surface area (Å²) in [5.41, 5.74) is -0.532. The molecule has 86 valence electrons. The molecule has 0 aliphatic carbocycles. The summed E-state index contributed by atoms with van der Waals surface area (Å²) < 4.78 is 4.32. The van der Waals surface area contributed by atoms with Crippen LogP contribution in [0.3, 0.4) is 0 Å². The van der Waals surface area contributed by atoms with Crippen LogP contribution in [0, 0.1) is 5.92 Å². The maximum Gasteiger partial charge on any atom is 0.340 e. The summed E-state index contributed by atoms with van der Waals surface area (Å²) in [7, 11) is 0. The Hall–Kier alpha value is -2.37. The van der Waals surface area contributed by atoms with Crippen molar-refractivity contribution in [1.82, 2.24) is 0 Å². The lowest BCUT2D eigenvalue weighted by Crippen LogP contribution is -2.21. The van der Waals surface area contributed by atoms with E-state index >= 15 is 0 Å². The first kappa shape index (κ1) is 13.6. The molecule has 6 nitrogen and oxygen atoms in total. The molecule has 1 atom stereocenters. The third-order valence-electron chi connectivity index (χ3n) is 1.54. The van der Waals surface area contributed by atoms with Crippen molar-refractivity contribution >= 4 is 17.9 Å². The average Bonchev–Trinajstić information content (AvgIpc) is 2.16. The van der Waals surface area contributed by atoms with Crippen LogP contribution in [0.15, 0.2) is 37.1 Å². The fraction of sp³-hybridized carbons (Fsp3) is 0.100. The molecule has 0 aromatic heterocycles. The van der Waals surface area contributed by atoms with Crippen molar-refractivity contribution in [2.75, 3.05) is 0 Å². The molecular formula is C10H10O6. The summed E-state index contributed by atoms with van der Waals surface area (Å²) in [6.07, 6.45) is 2.17. The van der Waals surface area contributed by atoms with E-state index in [1.54, 1.807) is 0 Å². The minimum atomic E-state index is -1.45. The van der Waals surface area contributed by atoms with E-state index in [4.69, 9.17) is 10.2 Å². The zero-order chi connectivity index (χ0) is 12.7. The van der Waals surface area contributed by atoms with Gasteiger partial charge in [-0.2, -0.15) is 0 Å². The second-order valence-corrected chi connectivity index (χ2v) is 2.56. The summed E-state index contributed by atoms with van der Waals surface area (Å²) in [6.45, 7) is 6.31. The molecule has 0 heterocycles. The van der Waals surface area contributed by atoms with Crippen molar-refractivity contribution in [3.8, 4) is 0 Å². The lowest BCUT2D eigenvalue weighted by Gasteiger charge is -2.09. The van der Waals surface area contributed by atoms with Crippen LogP contribution >= 0.6 is 0 Å². The van der Waals surface area contributed by atoms with Gasteiger partial charge in [-0.15, -0.1) is 6.58 Å². The number of carbonyl (C=O) groups is 3. The fourth-order valence-electron chi connectivity index (χ4n) is 0.913. The summed E-state index contributed by atoms with van der Waals surface area (Å²) >= 11 is 0. The maximum atomic E-state index is 11.2. The zero-order valence-electron chi connectivity index (χ0n) is 8.25. The highest BCUT2D eigenvalue weighted by atomic mass is 16.5. The monoisotopic (exact) mass is 226 g/mol. The van der Waals surface area contributed by atoms with E-state index in [9.17, 15) is 14.4 Å². The Balaban J connectivity index is 5.30. The molecular weight excluding hydrogens is 216 g/mol. The van der Waals surface area contributed by atoms with Crippen LogP contribution in [0.1, 0.15) is 0 Å². The van der Waals surface area contributed by atoms with Crippen molar-refractivity contribution in [1.29, 1.82) is 0 Å². The molecule has 0 radical (unpaired) electrons. The van der Waals surface area contributed by atoms with Crippen LogP contribution in [-0.2, 0) is 19.1 Å². The van der Waals surface area contributed by atoms with Gasteiger partial charge in [0.15, 0.2) is 0 Å². The smallest absolute Gasteiger partial charge is 0.340 e. The minimum absolute atomic E-state index is 0.465.